The van der Waals surface area contributed by atoms with Crippen LogP contribution in [0.15, 0.2) is 36.4 Å². The van der Waals surface area contributed by atoms with Gasteiger partial charge in [-0.2, -0.15) is 0 Å². The average molecular weight is 185 g/mol. The van der Waals surface area contributed by atoms with Crippen LogP contribution < -0.4 is 5.73 Å². The van der Waals surface area contributed by atoms with Gasteiger partial charge < -0.3 is 5.73 Å². The molecule has 0 unspecified atom stereocenters. The lowest BCUT2D eigenvalue weighted by molar-refractivity contribution is 1.07. The zero-order valence-electron chi connectivity index (χ0n) is 8.46. The molecule has 1 heteroatoms. The fraction of sp³-hybridized carbons (Fsp3) is 0.231. The Kier molecular flexibility index (Phi) is 2.51. The summed E-state index contributed by atoms with van der Waals surface area (Å²) in [6, 6.07) is 12.9. The van der Waals surface area contributed by atoms with E-state index in [1.807, 2.05) is 0 Å². The molecule has 2 rings (SSSR count). The highest BCUT2D eigenvalue weighted by Gasteiger charge is 1.99. The molecule has 0 amide bonds. The Balaban J connectivity index is 2.70. The van der Waals surface area contributed by atoms with Crippen molar-refractivity contribution >= 4 is 10.8 Å². The first-order valence-corrected chi connectivity index (χ1v) is 5.05. The minimum absolute atomic E-state index is 0.619. The molecule has 2 N–H and O–H groups in total. The van der Waals surface area contributed by atoms with E-state index in [0.29, 0.717) is 6.54 Å². The highest BCUT2D eigenvalue weighted by molar-refractivity contribution is 5.86. The van der Waals surface area contributed by atoms with Gasteiger partial charge >= 0.3 is 0 Å². The molecule has 0 aliphatic carbocycles. The Bertz CT molecular complexity index is 446. The highest BCUT2D eigenvalue weighted by atomic mass is 14.5. The van der Waals surface area contributed by atoms with Gasteiger partial charge in [0.15, 0.2) is 0 Å². The maximum atomic E-state index is 5.63. The number of nitrogens with two attached hydrogens (primary N) is 1. The molecule has 2 aromatic carbocycles. The lowest BCUT2D eigenvalue weighted by Crippen LogP contribution is -1.96. The Morgan fingerprint density at radius 2 is 2.00 bits per heavy atom. The Morgan fingerprint density at radius 1 is 1.14 bits per heavy atom. The summed E-state index contributed by atoms with van der Waals surface area (Å²) >= 11 is 0. The number of hydrogen-bond acceptors (Lipinski definition) is 1. The van der Waals surface area contributed by atoms with Crippen molar-refractivity contribution in [2.75, 3.05) is 0 Å². The van der Waals surface area contributed by atoms with Crippen LogP contribution in [0.1, 0.15) is 18.1 Å². The monoisotopic (exact) mass is 185 g/mol. The van der Waals surface area contributed by atoms with Crippen molar-refractivity contribution in [2.24, 2.45) is 5.73 Å². The predicted molar refractivity (Wildman–Crippen MR) is 61.2 cm³/mol. The SMILES string of the molecule is CCc1cccc2ccc(CN)cc12. The van der Waals surface area contributed by atoms with Crippen LogP contribution >= 0.6 is 0 Å². The molecule has 72 valence electrons. The van der Waals surface area contributed by atoms with Crippen molar-refractivity contribution in [1.29, 1.82) is 0 Å². The van der Waals surface area contributed by atoms with Crippen LogP contribution in [0.2, 0.25) is 0 Å². The number of benzene rings is 2. The average Bonchev–Trinajstić information content (AvgIpc) is 2.27. The van der Waals surface area contributed by atoms with E-state index in [-0.39, 0.29) is 0 Å². The second-order valence-electron chi connectivity index (χ2n) is 3.53. The zero-order chi connectivity index (χ0) is 9.97. The van der Waals surface area contributed by atoms with Gasteiger partial charge in [0.2, 0.25) is 0 Å². The molecule has 0 radical (unpaired) electrons. The largest absolute Gasteiger partial charge is 0.326 e. The summed E-state index contributed by atoms with van der Waals surface area (Å²) in [6.07, 6.45) is 1.07. The van der Waals surface area contributed by atoms with Gasteiger partial charge in [0.1, 0.15) is 0 Å². The Morgan fingerprint density at radius 3 is 2.71 bits per heavy atom. The Labute approximate surface area is 84.5 Å². The van der Waals surface area contributed by atoms with Crippen molar-refractivity contribution in [3.8, 4) is 0 Å². The predicted octanol–water partition coefficient (Wildman–Crippen LogP) is 2.86. The molecule has 0 bridgehead atoms. The normalized spacial score (nSPS) is 10.7. The standard InChI is InChI=1S/C13H15N/c1-2-11-4-3-5-12-7-6-10(9-14)8-13(11)12/h3-8H,2,9,14H2,1H3. The molecular formula is C13H15N. The van der Waals surface area contributed by atoms with Gasteiger partial charge in [-0.15, -0.1) is 0 Å². The fourth-order valence-corrected chi connectivity index (χ4v) is 1.82. The summed E-state index contributed by atoms with van der Waals surface area (Å²) in [7, 11) is 0. The number of fused-ring (bicyclic) bond motifs is 1. The first-order chi connectivity index (χ1) is 6.85. The van der Waals surface area contributed by atoms with Crippen molar-refractivity contribution in [2.45, 2.75) is 19.9 Å². The molecule has 0 fully saturated rings. The molecule has 0 aliphatic rings. The van der Waals surface area contributed by atoms with Crippen LogP contribution in [0.5, 0.6) is 0 Å². The van der Waals surface area contributed by atoms with E-state index >= 15 is 0 Å². The summed E-state index contributed by atoms with van der Waals surface area (Å²) in [4.78, 5) is 0. The van der Waals surface area contributed by atoms with E-state index in [1.54, 1.807) is 0 Å². The van der Waals surface area contributed by atoms with Gasteiger partial charge in [0.05, 0.1) is 0 Å². The quantitative estimate of drug-likeness (QED) is 0.765. The lowest BCUT2D eigenvalue weighted by Gasteiger charge is -2.05. The van der Waals surface area contributed by atoms with Crippen LogP contribution in [0.3, 0.4) is 0 Å². The van der Waals surface area contributed by atoms with Crippen LogP contribution in [0.4, 0.5) is 0 Å². The molecule has 1 nitrogen and oxygen atoms in total. The number of hydrogen-bond donors (Lipinski definition) is 1. The smallest absolute Gasteiger partial charge is 0.0178 e. The molecular weight excluding hydrogens is 170 g/mol. The van der Waals surface area contributed by atoms with Crippen molar-refractivity contribution in [3.05, 3.63) is 47.5 Å². The summed E-state index contributed by atoms with van der Waals surface area (Å²) < 4.78 is 0. The molecule has 14 heavy (non-hydrogen) atoms. The van der Waals surface area contributed by atoms with Crippen molar-refractivity contribution in [3.63, 3.8) is 0 Å². The van der Waals surface area contributed by atoms with E-state index in [0.717, 1.165) is 6.42 Å². The van der Waals surface area contributed by atoms with E-state index < -0.39 is 0 Å². The van der Waals surface area contributed by atoms with Gasteiger partial charge in [-0.3, -0.25) is 0 Å². The highest BCUT2D eigenvalue weighted by Crippen LogP contribution is 2.20. The van der Waals surface area contributed by atoms with Gasteiger partial charge in [-0.25, -0.2) is 0 Å². The van der Waals surface area contributed by atoms with Crippen LogP contribution in [-0.4, -0.2) is 0 Å². The number of rotatable bonds is 2. The fourth-order valence-electron chi connectivity index (χ4n) is 1.82. The third-order valence-electron chi connectivity index (χ3n) is 2.65. The molecule has 0 aliphatic heterocycles. The first kappa shape index (κ1) is 9.22. The summed E-state index contributed by atoms with van der Waals surface area (Å²) in [6.45, 7) is 2.80. The number of aryl methyl sites for hydroxylation is 1. The molecule has 0 atom stereocenters. The maximum Gasteiger partial charge on any atom is 0.0178 e. The third kappa shape index (κ3) is 1.51. The van der Waals surface area contributed by atoms with E-state index in [2.05, 4.69) is 43.3 Å². The minimum Gasteiger partial charge on any atom is -0.326 e. The molecule has 0 saturated heterocycles. The van der Waals surface area contributed by atoms with E-state index in [9.17, 15) is 0 Å². The summed E-state index contributed by atoms with van der Waals surface area (Å²) in [5.74, 6) is 0. The van der Waals surface area contributed by atoms with Crippen molar-refractivity contribution < 1.29 is 0 Å². The van der Waals surface area contributed by atoms with E-state index in [4.69, 9.17) is 5.73 Å². The second-order valence-corrected chi connectivity index (χ2v) is 3.53. The molecule has 0 spiro atoms. The van der Waals surface area contributed by atoms with E-state index in [1.165, 1.54) is 21.9 Å². The molecule has 2 aromatic rings. The van der Waals surface area contributed by atoms with Crippen molar-refractivity contribution in [1.82, 2.24) is 0 Å². The topological polar surface area (TPSA) is 26.0 Å². The zero-order valence-corrected chi connectivity index (χ0v) is 8.46. The van der Waals surface area contributed by atoms with Gasteiger partial charge in [-0.05, 0) is 34.4 Å². The molecule has 0 aromatic heterocycles. The minimum atomic E-state index is 0.619. The maximum absolute atomic E-state index is 5.63. The molecule has 0 heterocycles. The summed E-state index contributed by atoms with van der Waals surface area (Å²) in [5, 5.41) is 2.65. The van der Waals surface area contributed by atoms with Gasteiger partial charge in [0, 0.05) is 6.54 Å². The third-order valence-corrected chi connectivity index (χ3v) is 2.65. The first-order valence-electron chi connectivity index (χ1n) is 5.05. The van der Waals surface area contributed by atoms with Gasteiger partial charge in [0.25, 0.3) is 0 Å². The lowest BCUT2D eigenvalue weighted by atomic mass is 10.0. The summed E-state index contributed by atoms with van der Waals surface area (Å²) in [5.41, 5.74) is 8.24. The second kappa shape index (κ2) is 3.81. The molecule has 0 saturated carbocycles. The van der Waals surface area contributed by atoms with Crippen LogP contribution in [0, 0.1) is 0 Å². The van der Waals surface area contributed by atoms with Crippen LogP contribution in [0.25, 0.3) is 10.8 Å². The van der Waals surface area contributed by atoms with Gasteiger partial charge in [-0.1, -0.05) is 37.3 Å². The Hall–Kier alpha value is -1.34. The van der Waals surface area contributed by atoms with Crippen LogP contribution in [-0.2, 0) is 13.0 Å².